The fourth-order valence-corrected chi connectivity index (χ4v) is 2.73. The van der Waals surface area contributed by atoms with Gasteiger partial charge in [0.15, 0.2) is 0 Å². The predicted molar refractivity (Wildman–Crippen MR) is 77.4 cm³/mol. The van der Waals surface area contributed by atoms with Gasteiger partial charge in [0.2, 0.25) is 0 Å². The topological polar surface area (TPSA) is 66.4 Å². The zero-order valence-corrected chi connectivity index (χ0v) is 11.8. The maximum atomic E-state index is 13.3. The van der Waals surface area contributed by atoms with Gasteiger partial charge in [-0.25, -0.2) is 4.39 Å². The molecule has 0 aliphatic rings. The smallest absolute Gasteiger partial charge is 0.295 e. The summed E-state index contributed by atoms with van der Waals surface area (Å²) in [6.07, 6.45) is -0.552. The monoisotopic (exact) mass is 297 g/mol. The molecule has 0 saturated carbocycles. The number of benzene rings is 2. The number of alkyl halides is 1. The number of nitrogens with one attached hydrogen (secondary N) is 1. The Bertz CT molecular complexity index is 715. The maximum Gasteiger partial charge on any atom is 0.295 e. The summed E-state index contributed by atoms with van der Waals surface area (Å²) in [6.45, 7) is 1.91. The number of rotatable bonds is 5. The molecule has 20 heavy (non-hydrogen) atoms. The van der Waals surface area contributed by atoms with Crippen LogP contribution in [0.15, 0.2) is 41.3 Å². The van der Waals surface area contributed by atoms with Gasteiger partial charge >= 0.3 is 0 Å². The molecule has 0 radical (unpaired) electrons. The van der Waals surface area contributed by atoms with Crippen molar-refractivity contribution in [1.82, 2.24) is 0 Å². The van der Waals surface area contributed by atoms with E-state index in [0.717, 1.165) is 0 Å². The highest BCUT2D eigenvalue weighted by molar-refractivity contribution is 7.86. The van der Waals surface area contributed by atoms with Crippen LogP contribution >= 0.6 is 0 Å². The third-order valence-corrected chi connectivity index (χ3v) is 4.03. The van der Waals surface area contributed by atoms with Crippen molar-refractivity contribution >= 4 is 26.6 Å². The van der Waals surface area contributed by atoms with Crippen LogP contribution in [0.5, 0.6) is 0 Å². The first-order valence-corrected chi connectivity index (χ1v) is 7.74. The van der Waals surface area contributed by atoms with Gasteiger partial charge in [-0.05, 0) is 18.6 Å². The Labute approximate surface area is 117 Å². The number of fused-ring (bicyclic) bond motifs is 1. The second kappa shape index (κ2) is 5.76. The van der Waals surface area contributed by atoms with E-state index < -0.39 is 16.3 Å². The first kappa shape index (κ1) is 14.7. The Balaban J connectivity index is 2.49. The fourth-order valence-electron chi connectivity index (χ4n) is 2.03. The molecule has 6 heteroatoms. The van der Waals surface area contributed by atoms with Crippen LogP contribution in [-0.2, 0) is 10.1 Å². The Morgan fingerprint density at radius 3 is 2.50 bits per heavy atom. The van der Waals surface area contributed by atoms with Crippen LogP contribution < -0.4 is 5.32 Å². The lowest BCUT2D eigenvalue weighted by Crippen LogP contribution is -2.14. The lowest BCUT2D eigenvalue weighted by molar-refractivity contribution is 0.340. The van der Waals surface area contributed by atoms with E-state index in [1.165, 1.54) is 6.07 Å². The minimum absolute atomic E-state index is 0.147. The van der Waals surface area contributed by atoms with E-state index >= 15 is 0 Å². The molecule has 1 atom stereocenters. The van der Waals surface area contributed by atoms with Crippen molar-refractivity contribution in [3.63, 3.8) is 0 Å². The van der Waals surface area contributed by atoms with E-state index in [9.17, 15) is 17.4 Å². The number of hydrogen-bond donors (Lipinski definition) is 2. The van der Waals surface area contributed by atoms with E-state index in [2.05, 4.69) is 5.32 Å². The molecule has 0 spiro atoms. The van der Waals surface area contributed by atoms with Crippen LogP contribution in [0.1, 0.15) is 13.3 Å². The van der Waals surface area contributed by atoms with Gasteiger partial charge in [0.05, 0.1) is 0 Å². The summed E-state index contributed by atoms with van der Waals surface area (Å²) in [5, 5.41) is 4.01. The van der Waals surface area contributed by atoms with Crippen LogP contribution in [0.3, 0.4) is 0 Å². The van der Waals surface area contributed by atoms with E-state index in [4.69, 9.17) is 0 Å². The molecule has 1 unspecified atom stereocenters. The highest BCUT2D eigenvalue weighted by Crippen LogP contribution is 2.28. The molecule has 2 rings (SSSR count). The molecule has 2 aromatic rings. The molecule has 0 bridgehead atoms. The molecule has 108 valence electrons. The molecular formula is C14H16FNO3S. The van der Waals surface area contributed by atoms with Crippen LogP contribution in [0.25, 0.3) is 10.8 Å². The summed E-state index contributed by atoms with van der Waals surface area (Å²) in [5.41, 5.74) is 0.643. The van der Waals surface area contributed by atoms with Gasteiger partial charge in [-0.2, -0.15) is 8.42 Å². The van der Waals surface area contributed by atoms with Gasteiger partial charge in [-0.3, -0.25) is 4.55 Å². The second-order valence-corrected chi connectivity index (χ2v) is 5.91. The number of anilines is 1. The highest BCUT2D eigenvalue weighted by atomic mass is 32.2. The summed E-state index contributed by atoms with van der Waals surface area (Å²) in [6, 6.07) is 9.63. The Morgan fingerprint density at radius 1 is 1.20 bits per heavy atom. The molecule has 0 saturated heterocycles. The van der Waals surface area contributed by atoms with E-state index in [0.29, 0.717) is 22.9 Å². The third-order valence-electron chi connectivity index (χ3n) is 3.12. The minimum atomic E-state index is -4.28. The van der Waals surface area contributed by atoms with Crippen molar-refractivity contribution in [3.05, 3.63) is 36.4 Å². The van der Waals surface area contributed by atoms with Crippen molar-refractivity contribution in [2.75, 3.05) is 11.9 Å². The zero-order valence-electron chi connectivity index (χ0n) is 11.0. The molecule has 2 aromatic carbocycles. The number of hydrogen-bond acceptors (Lipinski definition) is 3. The summed E-state index contributed by atoms with van der Waals surface area (Å²) < 4.78 is 45.2. The second-order valence-electron chi connectivity index (χ2n) is 4.52. The average molecular weight is 297 g/mol. The SMILES string of the molecule is CCC(F)CNc1cccc2c(S(=O)(=O)O)cccc12. The highest BCUT2D eigenvalue weighted by Gasteiger charge is 2.15. The third kappa shape index (κ3) is 3.08. The lowest BCUT2D eigenvalue weighted by Gasteiger charge is -2.12. The Hall–Kier alpha value is -1.66. The standard InChI is InChI=1S/C14H16FNO3S/c1-2-10(15)9-16-13-7-3-6-12-11(13)5-4-8-14(12)20(17,18)19/h3-8,10,16H,2,9H2,1H3,(H,17,18,19). The maximum absolute atomic E-state index is 13.3. The molecule has 0 fully saturated rings. The van der Waals surface area contributed by atoms with E-state index in [1.54, 1.807) is 37.3 Å². The molecular weight excluding hydrogens is 281 g/mol. The molecule has 0 amide bonds. The molecule has 2 N–H and O–H groups in total. The lowest BCUT2D eigenvalue weighted by atomic mass is 10.1. The van der Waals surface area contributed by atoms with Gasteiger partial charge in [-0.15, -0.1) is 0 Å². The van der Waals surface area contributed by atoms with Gasteiger partial charge in [-0.1, -0.05) is 31.2 Å². The minimum Gasteiger partial charge on any atom is -0.382 e. The fraction of sp³-hybridized carbons (Fsp3) is 0.286. The van der Waals surface area contributed by atoms with Crippen molar-refractivity contribution in [2.24, 2.45) is 0 Å². The van der Waals surface area contributed by atoms with E-state index in [-0.39, 0.29) is 11.4 Å². The van der Waals surface area contributed by atoms with Crippen LogP contribution in [0.4, 0.5) is 10.1 Å². The first-order chi connectivity index (χ1) is 9.43. The summed E-state index contributed by atoms with van der Waals surface area (Å²) >= 11 is 0. The normalized spacial score (nSPS) is 13.3. The average Bonchev–Trinajstić information content (AvgIpc) is 2.42. The number of halogens is 1. The van der Waals surface area contributed by atoms with Crippen molar-refractivity contribution in [2.45, 2.75) is 24.4 Å². The first-order valence-electron chi connectivity index (χ1n) is 6.30. The zero-order chi connectivity index (χ0) is 14.8. The predicted octanol–water partition coefficient (Wildman–Crippen LogP) is 3.25. The summed E-state index contributed by atoms with van der Waals surface area (Å²) in [5.74, 6) is 0. The van der Waals surface area contributed by atoms with Crippen molar-refractivity contribution in [1.29, 1.82) is 0 Å². The van der Waals surface area contributed by atoms with Crippen molar-refractivity contribution in [3.8, 4) is 0 Å². The van der Waals surface area contributed by atoms with Gasteiger partial charge in [0.25, 0.3) is 10.1 Å². The molecule has 0 aliphatic carbocycles. The summed E-state index contributed by atoms with van der Waals surface area (Å²) in [7, 11) is -4.28. The largest absolute Gasteiger partial charge is 0.382 e. The van der Waals surface area contributed by atoms with Gasteiger partial charge < -0.3 is 5.32 Å². The molecule has 0 aliphatic heterocycles. The van der Waals surface area contributed by atoms with Crippen molar-refractivity contribution < 1.29 is 17.4 Å². The Morgan fingerprint density at radius 2 is 1.85 bits per heavy atom. The van der Waals surface area contributed by atoms with Crippen LogP contribution in [0.2, 0.25) is 0 Å². The molecule has 0 aromatic heterocycles. The quantitative estimate of drug-likeness (QED) is 0.831. The van der Waals surface area contributed by atoms with Crippen LogP contribution in [0, 0.1) is 0 Å². The van der Waals surface area contributed by atoms with Gasteiger partial charge in [0.1, 0.15) is 11.1 Å². The van der Waals surface area contributed by atoms with Gasteiger partial charge in [0, 0.05) is 23.0 Å². The van der Waals surface area contributed by atoms with E-state index in [1.807, 2.05) is 0 Å². The molecule has 0 heterocycles. The Kier molecular flexibility index (Phi) is 4.25. The molecule has 4 nitrogen and oxygen atoms in total. The summed E-state index contributed by atoms with van der Waals surface area (Å²) in [4.78, 5) is -0.147. The van der Waals surface area contributed by atoms with Crippen LogP contribution in [-0.4, -0.2) is 25.7 Å².